The van der Waals surface area contributed by atoms with Crippen LogP contribution in [0.2, 0.25) is 5.02 Å². The highest BCUT2D eigenvalue weighted by molar-refractivity contribution is 6.31. The van der Waals surface area contributed by atoms with Gasteiger partial charge in [-0.3, -0.25) is 9.48 Å². The van der Waals surface area contributed by atoms with E-state index in [2.05, 4.69) is 9.84 Å². The van der Waals surface area contributed by atoms with Crippen LogP contribution in [0.5, 0.6) is 5.75 Å². The summed E-state index contributed by atoms with van der Waals surface area (Å²) in [6.45, 7) is 0.535. The predicted molar refractivity (Wildman–Crippen MR) is 87.4 cm³/mol. The van der Waals surface area contributed by atoms with E-state index in [1.54, 1.807) is 34.1 Å². The van der Waals surface area contributed by atoms with Crippen LogP contribution < -0.4 is 4.74 Å². The van der Waals surface area contributed by atoms with Crippen molar-refractivity contribution in [3.8, 4) is 17.0 Å². The van der Waals surface area contributed by atoms with Crippen molar-refractivity contribution in [2.75, 3.05) is 14.1 Å². The first-order valence-corrected chi connectivity index (χ1v) is 7.60. The van der Waals surface area contributed by atoms with Gasteiger partial charge in [0.15, 0.2) is 0 Å². The minimum atomic E-state index is -2.96. The van der Waals surface area contributed by atoms with Gasteiger partial charge in [-0.25, -0.2) is 0 Å². The summed E-state index contributed by atoms with van der Waals surface area (Å²) in [7, 11) is 3.31. The number of aromatic nitrogens is 2. The zero-order valence-electron chi connectivity index (χ0n) is 13.8. The summed E-state index contributed by atoms with van der Waals surface area (Å²) < 4.78 is 31.3. The lowest BCUT2D eigenvalue weighted by molar-refractivity contribution is -0.131. The lowest BCUT2D eigenvalue weighted by Crippen LogP contribution is -2.30. The maximum Gasteiger partial charge on any atom is 0.387 e. The molecule has 24 heavy (non-hydrogen) atoms. The van der Waals surface area contributed by atoms with Crippen LogP contribution >= 0.6 is 11.6 Å². The summed E-state index contributed by atoms with van der Waals surface area (Å²) in [5.74, 6) is -0.145. The molecule has 0 aliphatic carbocycles. The Balaban J connectivity index is 2.47. The number of hydrogen-bond donors (Lipinski definition) is 0. The van der Waals surface area contributed by atoms with E-state index >= 15 is 0 Å². The number of halogens is 3. The van der Waals surface area contributed by atoms with Gasteiger partial charge in [-0.2, -0.15) is 13.9 Å². The molecule has 8 heteroatoms. The van der Waals surface area contributed by atoms with Crippen molar-refractivity contribution < 1.29 is 18.3 Å². The number of carbonyl (C=O) groups is 1. The molecule has 0 bridgehead atoms. The quantitative estimate of drug-likeness (QED) is 0.818. The number of hydrogen-bond acceptors (Lipinski definition) is 3. The Kier molecular flexibility index (Phi) is 5.43. The fourth-order valence-corrected chi connectivity index (χ4v) is 2.49. The van der Waals surface area contributed by atoms with Gasteiger partial charge < -0.3 is 9.64 Å². The lowest BCUT2D eigenvalue weighted by Gasteiger charge is -2.17. The van der Waals surface area contributed by atoms with Crippen molar-refractivity contribution in [3.63, 3.8) is 0 Å². The van der Waals surface area contributed by atoms with Gasteiger partial charge in [0.1, 0.15) is 11.8 Å². The van der Waals surface area contributed by atoms with Crippen molar-refractivity contribution in [2.45, 2.75) is 26.5 Å². The Bertz CT molecular complexity index is 747. The number of carbonyl (C=O) groups excluding carboxylic acids is 1. The zero-order valence-corrected chi connectivity index (χ0v) is 14.5. The monoisotopic (exact) mass is 357 g/mol. The van der Waals surface area contributed by atoms with E-state index in [-0.39, 0.29) is 11.7 Å². The molecule has 1 atom stereocenters. The summed E-state index contributed by atoms with van der Waals surface area (Å²) in [4.78, 5) is 13.6. The van der Waals surface area contributed by atoms with Crippen LogP contribution in [0, 0.1) is 6.92 Å². The molecule has 0 aliphatic rings. The van der Waals surface area contributed by atoms with E-state index in [4.69, 9.17) is 11.6 Å². The van der Waals surface area contributed by atoms with Crippen LogP contribution in [0.3, 0.4) is 0 Å². The molecule has 0 aliphatic heterocycles. The molecular weight excluding hydrogens is 340 g/mol. The van der Waals surface area contributed by atoms with Gasteiger partial charge in [0.25, 0.3) is 0 Å². The van der Waals surface area contributed by atoms with E-state index in [1.807, 2.05) is 0 Å². The first-order valence-electron chi connectivity index (χ1n) is 7.22. The van der Waals surface area contributed by atoms with Crippen LogP contribution in [0.4, 0.5) is 8.78 Å². The van der Waals surface area contributed by atoms with E-state index in [9.17, 15) is 13.6 Å². The third-order valence-corrected chi connectivity index (χ3v) is 3.76. The largest absolute Gasteiger partial charge is 0.434 e. The van der Waals surface area contributed by atoms with Gasteiger partial charge in [-0.05, 0) is 37.6 Å². The Hall–Kier alpha value is -2.15. The van der Waals surface area contributed by atoms with E-state index < -0.39 is 12.7 Å². The maximum absolute atomic E-state index is 12.6. The van der Waals surface area contributed by atoms with Crippen LogP contribution in [-0.4, -0.2) is 41.3 Å². The number of ether oxygens (including phenoxy) is 1. The fraction of sp³-hybridized carbons (Fsp3) is 0.375. The average Bonchev–Trinajstić information content (AvgIpc) is 2.88. The highest BCUT2D eigenvalue weighted by Crippen LogP contribution is 2.34. The third kappa shape index (κ3) is 3.84. The fourth-order valence-electron chi connectivity index (χ4n) is 2.32. The second kappa shape index (κ2) is 7.17. The van der Waals surface area contributed by atoms with Crippen LogP contribution in [-0.2, 0) is 4.79 Å². The summed E-state index contributed by atoms with van der Waals surface area (Å²) in [6, 6.07) is 3.83. The number of aryl methyl sites for hydroxylation is 1. The molecule has 0 spiro atoms. The Morgan fingerprint density at radius 2 is 2.04 bits per heavy atom. The summed E-state index contributed by atoms with van der Waals surface area (Å²) in [5, 5.41) is 4.75. The maximum atomic E-state index is 12.6. The molecular formula is C16H18ClF2N3O2. The van der Waals surface area contributed by atoms with Crippen LogP contribution in [0.15, 0.2) is 24.4 Å². The van der Waals surface area contributed by atoms with Gasteiger partial charge >= 0.3 is 6.61 Å². The van der Waals surface area contributed by atoms with Crippen LogP contribution in [0.1, 0.15) is 18.5 Å². The number of nitrogens with zero attached hydrogens (tertiary/aromatic N) is 3. The summed E-state index contributed by atoms with van der Waals surface area (Å²) in [6.07, 6.45) is 1.69. The second-order valence-electron chi connectivity index (χ2n) is 5.57. The standard InChI is InChI=1S/C16H18ClF2N3O2/c1-9-8-22(10(2)15(23)21(3)4)20-14(9)12-7-11(17)5-6-13(12)24-16(18)19/h5-8,10,16H,1-4H3. The second-order valence-corrected chi connectivity index (χ2v) is 6.00. The van der Waals surface area contributed by atoms with E-state index in [0.29, 0.717) is 16.3 Å². The molecule has 1 amide bonds. The van der Waals surface area contributed by atoms with Crippen molar-refractivity contribution >= 4 is 17.5 Å². The smallest absolute Gasteiger partial charge is 0.387 e. The zero-order chi connectivity index (χ0) is 18.0. The molecule has 1 aromatic carbocycles. The summed E-state index contributed by atoms with van der Waals surface area (Å²) in [5.41, 5.74) is 1.50. The van der Waals surface area contributed by atoms with Gasteiger partial charge in [0, 0.05) is 30.9 Å². The normalized spacial score (nSPS) is 12.3. The number of benzene rings is 1. The van der Waals surface area contributed by atoms with Crippen molar-refractivity contribution in [2.24, 2.45) is 0 Å². The van der Waals surface area contributed by atoms with Gasteiger partial charge in [-0.1, -0.05) is 11.6 Å². The third-order valence-electron chi connectivity index (χ3n) is 3.52. The average molecular weight is 358 g/mol. The van der Waals surface area contributed by atoms with Crippen molar-refractivity contribution in [3.05, 3.63) is 35.0 Å². The molecule has 0 saturated carbocycles. The lowest BCUT2D eigenvalue weighted by atomic mass is 10.1. The Labute approximate surface area is 143 Å². The van der Waals surface area contributed by atoms with Gasteiger partial charge in [-0.15, -0.1) is 0 Å². The van der Waals surface area contributed by atoms with Crippen LogP contribution in [0.25, 0.3) is 11.3 Å². The molecule has 0 saturated heterocycles. The highest BCUT2D eigenvalue weighted by Gasteiger charge is 2.21. The molecule has 0 fully saturated rings. The minimum absolute atomic E-state index is 0.0191. The number of likely N-dealkylation sites (N-methyl/N-ethyl adjacent to an activating group) is 1. The number of rotatable bonds is 5. The Morgan fingerprint density at radius 1 is 1.38 bits per heavy atom. The van der Waals surface area contributed by atoms with Gasteiger partial charge in [0.2, 0.25) is 5.91 Å². The topological polar surface area (TPSA) is 47.4 Å². The van der Waals surface area contributed by atoms with Crippen molar-refractivity contribution in [1.82, 2.24) is 14.7 Å². The van der Waals surface area contributed by atoms with Crippen molar-refractivity contribution in [1.29, 1.82) is 0 Å². The minimum Gasteiger partial charge on any atom is -0.434 e. The van der Waals surface area contributed by atoms with E-state index in [1.165, 1.54) is 27.8 Å². The molecule has 1 heterocycles. The molecule has 1 unspecified atom stereocenters. The first-order chi connectivity index (χ1) is 11.2. The summed E-state index contributed by atoms with van der Waals surface area (Å²) >= 11 is 5.98. The molecule has 0 radical (unpaired) electrons. The number of amides is 1. The molecule has 2 rings (SSSR count). The number of alkyl halides is 2. The highest BCUT2D eigenvalue weighted by atomic mass is 35.5. The molecule has 5 nitrogen and oxygen atoms in total. The van der Waals surface area contributed by atoms with Gasteiger partial charge in [0.05, 0.1) is 5.69 Å². The van der Waals surface area contributed by atoms with E-state index in [0.717, 1.165) is 5.56 Å². The Morgan fingerprint density at radius 3 is 2.62 bits per heavy atom. The first kappa shape index (κ1) is 18.2. The molecule has 2 aromatic rings. The SMILES string of the molecule is Cc1cn(C(C)C(=O)N(C)C)nc1-c1cc(Cl)ccc1OC(F)F. The predicted octanol–water partition coefficient (Wildman–Crippen LogP) is 3.76. The molecule has 1 aromatic heterocycles. The molecule has 130 valence electrons. The molecule has 0 N–H and O–H groups in total.